The summed E-state index contributed by atoms with van der Waals surface area (Å²) in [5.74, 6) is -1.79. The van der Waals surface area contributed by atoms with Crippen molar-refractivity contribution in [1.82, 2.24) is 0 Å². The quantitative estimate of drug-likeness (QED) is 0.296. The predicted molar refractivity (Wildman–Crippen MR) is 137 cm³/mol. The Balaban J connectivity index is 2.50. The van der Waals surface area contributed by atoms with E-state index in [9.17, 15) is 14.4 Å². The fourth-order valence-corrected chi connectivity index (χ4v) is 5.22. The van der Waals surface area contributed by atoms with Crippen LogP contribution in [0.3, 0.4) is 0 Å². The van der Waals surface area contributed by atoms with E-state index >= 15 is 0 Å². The van der Waals surface area contributed by atoms with Gasteiger partial charge in [-0.05, 0) is 30.2 Å². The molecule has 1 aromatic rings. The molecular formula is C30H38O5. The van der Waals surface area contributed by atoms with Gasteiger partial charge in [0, 0.05) is 22.5 Å². The molecule has 2 aliphatic carbocycles. The molecule has 35 heavy (non-hydrogen) atoms. The highest BCUT2D eigenvalue weighted by molar-refractivity contribution is 6.13. The van der Waals surface area contributed by atoms with Crippen LogP contribution in [0, 0.1) is 21.7 Å². The van der Waals surface area contributed by atoms with Crippen molar-refractivity contribution in [1.29, 1.82) is 0 Å². The number of carbonyl (C=O) groups excluding carboxylic acids is 3. The van der Waals surface area contributed by atoms with Crippen LogP contribution in [0.4, 0.5) is 0 Å². The second-order valence-corrected chi connectivity index (χ2v) is 11.4. The SMILES string of the molecule is CCOC(=O)C1(C(=O)OCC)C=CC(c2ccccc2)C12C=C(C(C)(C)C)C(=O)C(C(C)(C)C)=C2. The van der Waals surface area contributed by atoms with Gasteiger partial charge in [0.2, 0.25) is 0 Å². The average molecular weight is 479 g/mol. The molecule has 5 heteroatoms. The van der Waals surface area contributed by atoms with Crippen LogP contribution >= 0.6 is 0 Å². The summed E-state index contributed by atoms with van der Waals surface area (Å²) >= 11 is 0. The third-order valence-corrected chi connectivity index (χ3v) is 6.96. The van der Waals surface area contributed by atoms with Gasteiger partial charge in [0.1, 0.15) is 0 Å². The minimum absolute atomic E-state index is 0.0593. The molecule has 0 radical (unpaired) electrons. The highest BCUT2D eigenvalue weighted by Crippen LogP contribution is 2.63. The summed E-state index contributed by atoms with van der Waals surface area (Å²) in [7, 11) is 0. The normalized spacial score (nSPS) is 20.9. The minimum atomic E-state index is -1.77. The van der Waals surface area contributed by atoms with E-state index < -0.39 is 33.6 Å². The summed E-state index contributed by atoms with van der Waals surface area (Å²) in [4.78, 5) is 41.4. The van der Waals surface area contributed by atoms with E-state index in [1.165, 1.54) is 0 Å². The molecule has 1 unspecified atom stereocenters. The molecule has 2 aliphatic rings. The number of ether oxygens (including phenoxy) is 2. The van der Waals surface area contributed by atoms with Crippen LogP contribution in [-0.4, -0.2) is 30.9 Å². The Morgan fingerprint density at radius 1 is 0.829 bits per heavy atom. The zero-order valence-electron chi connectivity index (χ0n) is 22.2. The van der Waals surface area contributed by atoms with Crippen molar-refractivity contribution < 1.29 is 23.9 Å². The molecule has 0 saturated carbocycles. The van der Waals surface area contributed by atoms with Crippen molar-refractivity contribution in [3.63, 3.8) is 0 Å². The van der Waals surface area contributed by atoms with Crippen molar-refractivity contribution in [2.24, 2.45) is 21.7 Å². The third-order valence-electron chi connectivity index (χ3n) is 6.96. The molecule has 0 bridgehead atoms. The number of ketones is 1. The monoisotopic (exact) mass is 478 g/mol. The first-order valence-corrected chi connectivity index (χ1v) is 12.4. The molecule has 0 aromatic heterocycles. The lowest BCUT2D eigenvalue weighted by Crippen LogP contribution is -2.54. The number of carbonyl (C=O) groups is 3. The average Bonchev–Trinajstić information content (AvgIpc) is 3.09. The van der Waals surface area contributed by atoms with Crippen LogP contribution in [0.15, 0.2) is 65.8 Å². The van der Waals surface area contributed by atoms with Gasteiger partial charge in [0.05, 0.1) is 13.2 Å². The van der Waals surface area contributed by atoms with E-state index in [-0.39, 0.29) is 24.9 Å². The third kappa shape index (κ3) is 4.30. The topological polar surface area (TPSA) is 69.7 Å². The van der Waals surface area contributed by atoms with Crippen LogP contribution in [0.5, 0.6) is 0 Å². The number of Topliss-reactive ketones (excluding diaryl/α,β-unsaturated/α-hetero) is 1. The van der Waals surface area contributed by atoms with E-state index in [0.29, 0.717) is 11.1 Å². The Kier molecular flexibility index (Phi) is 7.05. The Morgan fingerprint density at radius 2 is 1.29 bits per heavy atom. The van der Waals surface area contributed by atoms with Gasteiger partial charge < -0.3 is 9.47 Å². The molecule has 1 spiro atoms. The summed E-state index contributed by atoms with van der Waals surface area (Å²) in [5.41, 5.74) is -1.94. The number of benzene rings is 1. The molecule has 0 fully saturated rings. The molecule has 188 valence electrons. The first-order valence-electron chi connectivity index (χ1n) is 12.4. The fraction of sp³-hybridized carbons (Fsp3) is 0.500. The first-order chi connectivity index (χ1) is 16.3. The largest absolute Gasteiger partial charge is 0.465 e. The second kappa shape index (κ2) is 9.25. The lowest BCUT2D eigenvalue weighted by Gasteiger charge is -2.47. The van der Waals surface area contributed by atoms with Crippen molar-refractivity contribution in [2.45, 2.75) is 61.3 Å². The Bertz CT molecular complexity index is 1040. The van der Waals surface area contributed by atoms with Gasteiger partial charge in [-0.1, -0.05) is 96.2 Å². The van der Waals surface area contributed by atoms with Gasteiger partial charge in [0.15, 0.2) is 11.2 Å². The van der Waals surface area contributed by atoms with E-state index in [0.717, 1.165) is 5.56 Å². The van der Waals surface area contributed by atoms with Gasteiger partial charge in [-0.2, -0.15) is 0 Å². The molecule has 3 rings (SSSR count). The molecule has 0 N–H and O–H groups in total. The highest BCUT2D eigenvalue weighted by Gasteiger charge is 2.67. The fourth-order valence-electron chi connectivity index (χ4n) is 5.22. The molecule has 0 saturated heterocycles. The van der Waals surface area contributed by atoms with Crippen LogP contribution in [-0.2, 0) is 23.9 Å². The van der Waals surface area contributed by atoms with E-state index in [1.807, 2.05) is 90.1 Å². The van der Waals surface area contributed by atoms with Crippen LogP contribution in [0.2, 0.25) is 0 Å². The standard InChI is InChI=1S/C30H38O5/c1-9-34-25(32)30(26(33)35-10-2)17-16-21(20-14-12-11-13-15-20)29(30)18-22(27(3,4)5)24(31)23(19-29)28(6,7)8/h11-19,21H,9-10H2,1-8H3. The van der Waals surface area contributed by atoms with Gasteiger partial charge >= 0.3 is 11.9 Å². The summed E-state index contributed by atoms with van der Waals surface area (Å²) < 4.78 is 11.1. The smallest absolute Gasteiger partial charge is 0.328 e. The number of allylic oxidation sites excluding steroid dienone is 5. The number of rotatable bonds is 5. The van der Waals surface area contributed by atoms with E-state index in [2.05, 4.69) is 0 Å². The van der Waals surface area contributed by atoms with Gasteiger partial charge in [-0.3, -0.25) is 14.4 Å². The Hall–Kier alpha value is -2.95. The molecule has 0 aliphatic heterocycles. The molecule has 1 aromatic carbocycles. The number of esters is 2. The minimum Gasteiger partial charge on any atom is -0.465 e. The molecular weight excluding hydrogens is 440 g/mol. The lowest BCUT2D eigenvalue weighted by atomic mass is 9.54. The predicted octanol–water partition coefficient (Wildman–Crippen LogP) is 5.97. The number of hydrogen-bond donors (Lipinski definition) is 0. The first kappa shape index (κ1) is 26.7. The van der Waals surface area contributed by atoms with E-state index in [4.69, 9.17) is 9.47 Å². The summed E-state index contributed by atoms with van der Waals surface area (Å²) in [6.07, 6.45) is 7.25. The molecule has 0 heterocycles. The van der Waals surface area contributed by atoms with Crippen LogP contribution in [0.1, 0.15) is 66.9 Å². The zero-order chi connectivity index (χ0) is 26.2. The second-order valence-electron chi connectivity index (χ2n) is 11.4. The van der Waals surface area contributed by atoms with Crippen molar-refractivity contribution in [2.75, 3.05) is 13.2 Å². The maximum atomic E-state index is 13.8. The Morgan fingerprint density at radius 3 is 1.69 bits per heavy atom. The lowest BCUT2D eigenvalue weighted by molar-refractivity contribution is -0.173. The van der Waals surface area contributed by atoms with Gasteiger partial charge in [-0.25, -0.2) is 0 Å². The maximum absolute atomic E-state index is 13.8. The van der Waals surface area contributed by atoms with E-state index in [1.54, 1.807) is 19.9 Å². The number of hydrogen-bond acceptors (Lipinski definition) is 5. The van der Waals surface area contributed by atoms with Crippen molar-refractivity contribution in [3.8, 4) is 0 Å². The van der Waals surface area contributed by atoms with Crippen LogP contribution in [0.25, 0.3) is 0 Å². The van der Waals surface area contributed by atoms with Crippen LogP contribution < -0.4 is 0 Å². The van der Waals surface area contributed by atoms with Crippen molar-refractivity contribution >= 4 is 17.7 Å². The highest BCUT2D eigenvalue weighted by atomic mass is 16.6. The van der Waals surface area contributed by atoms with Gasteiger partial charge in [0.25, 0.3) is 0 Å². The summed E-state index contributed by atoms with van der Waals surface area (Å²) in [5, 5.41) is 0. The summed E-state index contributed by atoms with van der Waals surface area (Å²) in [6.45, 7) is 15.5. The maximum Gasteiger partial charge on any atom is 0.328 e. The summed E-state index contributed by atoms with van der Waals surface area (Å²) in [6, 6.07) is 9.75. The zero-order valence-corrected chi connectivity index (χ0v) is 22.2. The molecule has 5 nitrogen and oxygen atoms in total. The Labute approximate surface area is 209 Å². The van der Waals surface area contributed by atoms with Gasteiger partial charge in [-0.15, -0.1) is 0 Å². The molecule has 0 amide bonds. The van der Waals surface area contributed by atoms with Crippen molar-refractivity contribution in [3.05, 3.63) is 71.3 Å². The molecule has 1 atom stereocenters.